The number of rotatable bonds is 9. The molecule has 3 N–H and O–H groups in total. The summed E-state index contributed by atoms with van der Waals surface area (Å²) in [5.74, 6) is -0.639. The smallest absolute Gasteiger partial charge is 0.346 e. The van der Waals surface area contributed by atoms with Crippen LogP contribution in [0.15, 0.2) is 53.4 Å². The summed E-state index contributed by atoms with van der Waals surface area (Å²) < 4.78 is 25.9. The van der Waals surface area contributed by atoms with E-state index in [1.54, 1.807) is 38.4 Å². The number of nitrogens with two attached hydrogens (primary N) is 1. The number of hydrogen-bond acceptors (Lipinski definition) is 9. The Labute approximate surface area is 215 Å². The van der Waals surface area contributed by atoms with Crippen molar-refractivity contribution in [1.82, 2.24) is 9.97 Å². The van der Waals surface area contributed by atoms with Gasteiger partial charge in [-0.2, -0.15) is 0 Å². The summed E-state index contributed by atoms with van der Waals surface area (Å²) in [7, 11) is 2.88. The summed E-state index contributed by atoms with van der Waals surface area (Å²) in [4.78, 5) is 28.5. The van der Waals surface area contributed by atoms with Crippen LogP contribution in [0.25, 0.3) is 22.6 Å². The van der Waals surface area contributed by atoms with E-state index >= 15 is 4.39 Å². The zero-order valence-corrected chi connectivity index (χ0v) is 21.6. The van der Waals surface area contributed by atoms with E-state index in [1.807, 2.05) is 13.8 Å². The molecule has 0 spiro atoms. The summed E-state index contributed by atoms with van der Waals surface area (Å²) in [6, 6.07) is 6.55. The highest BCUT2D eigenvalue weighted by atomic mass is 19.1. The number of anilines is 2. The summed E-state index contributed by atoms with van der Waals surface area (Å²) >= 11 is 0. The number of carbonyl (C=O) groups is 1. The van der Waals surface area contributed by atoms with Crippen LogP contribution < -0.4 is 15.8 Å². The van der Waals surface area contributed by atoms with Gasteiger partial charge < -0.3 is 20.5 Å². The first kappa shape index (κ1) is 28.6. The number of methoxy groups -OCH3 is 1. The number of aromatic nitrogens is 2. The fraction of sp³-hybridized carbons (Fsp3) is 0.222. The molecule has 2 aromatic carbocycles. The standard InChI is InChI=1S/C25H25FN6O3.C2H6/c1-6-17-18(29-4)7-8-19(23(17)26)32-24-22-20(30-13-31-24)9-15(16(11-27)12-28-3)10-21(22)35-14(2)25(33)34-5;1-2/h6-14H,1,4,27H2,2-3,5H3,(H,30,31,32);1-2H3/b16-11+,28-12?;. The topological polar surface area (TPSA) is 124 Å². The second-order valence-corrected chi connectivity index (χ2v) is 7.23. The summed E-state index contributed by atoms with van der Waals surface area (Å²) in [6.07, 6.45) is 4.71. The molecule has 1 atom stereocenters. The van der Waals surface area contributed by atoms with Crippen LogP contribution in [0.3, 0.4) is 0 Å². The first-order valence-electron chi connectivity index (χ1n) is 11.4. The van der Waals surface area contributed by atoms with Gasteiger partial charge in [0, 0.05) is 30.6 Å². The maximum atomic E-state index is 15.2. The van der Waals surface area contributed by atoms with Crippen molar-refractivity contribution in [3.05, 3.63) is 60.3 Å². The number of nitrogens with one attached hydrogen (secondary N) is 1. The largest absolute Gasteiger partial charge is 0.478 e. The third-order valence-corrected chi connectivity index (χ3v) is 5.10. The lowest BCUT2D eigenvalue weighted by molar-refractivity contribution is -0.147. The Bertz CT molecular complexity index is 1350. The monoisotopic (exact) mass is 506 g/mol. The van der Waals surface area contributed by atoms with Gasteiger partial charge in [0.05, 0.1) is 29.4 Å². The number of allylic oxidation sites excluding steroid dienone is 1. The minimum absolute atomic E-state index is 0.129. The van der Waals surface area contributed by atoms with Gasteiger partial charge in [0.25, 0.3) is 0 Å². The normalized spacial score (nSPS) is 11.9. The molecule has 0 amide bonds. The number of carbonyl (C=O) groups excluding carboxylic acids is 1. The van der Waals surface area contributed by atoms with E-state index in [0.717, 1.165) is 0 Å². The van der Waals surface area contributed by atoms with Crippen molar-refractivity contribution in [2.24, 2.45) is 15.7 Å². The van der Waals surface area contributed by atoms with Crippen molar-refractivity contribution >= 4 is 58.6 Å². The highest BCUT2D eigenvalue weighted by Crippen LogP contribution is 2.37. The van der Waals surface area contributed by atoms with Crippen LogP contribution in [0, 0.1) is 5.82 Å². The maximum Gasteiger partial charge on any atom is 0.346 e. The van der Waals surface area contributed by atoms with E-state index in [0.29, 0.717) is 27.7 Å². The van der Waals surface area contributed by atoms with Crippen LogP contribution in [0.2, 0.25) is 0 Å². The fourth-order valence-electron chi connectivity index (χ4n) is 3.40. The minimum atomic E-state index is -0.946. The maximum absolute atomic E-state index is 15.2. The SMILES string of the molecule is C=Cc1c(N=C)ccc(Nc2ncnc3cc(/C(C=NC)=C/N)cc(OC(C)C(=O)OC)c23)c1F.CC. The molecule has 0 saturated carbocycles. The summed E-state index contributed by atoms with van der Waals surface area (Å²) in [5.41, 5.74) is 8.17. The Balaban J connectivity index is 0.00000235. The van der Waals surface area contributed by atoms with Gasteiger partial charge in [-0.1, -0.05) is 26.5 Å². The minimum Gasteiger partial charge on any atom is -0.478 e. The number of hydrogen-bond donors (Lipinski definition) is 2. The molecule has 10 heteroatoms. The highest BCUT2D eigenvalue weighted by Gasteiger charge is 2.21. The Morgan fingerprint density at radius 3 is 2.59 bits per heavy atom. The Morgan fingerprint density at radius 2 is 2.00 bits per heavy atom. The molecule has 0 aliphatic heterocycles. The van der Waals surface area contributed by atoms with Crippen LogP contribution >= 0.6 is 0 Å². The molecule has 0 radical (unpaired) electrons. The van der Waals surface area contributed by atoms with Crippen molar-refractivity contribution in [3.8, 4) is 5.75 Å². The molecule has 0 saturated heterocycles. The molecule has 194 valence electrons. The zero-order chi connectivity index (χ0) is 27.5. The highest BCUT2D eigenvalue weighted by molar-refractivity contribution is 6.11. The summed E-state index contributed by atoms with van der Waals surface area (Å²) in [5, 5.41) is 3.41. The van der Waals surface area contributed by atoms with Gasteiger partial charge in [-0.15, -0.1) is 0 Å². The molecular formula is C27H31FN6O3. The molecule has 37 heavy (non-hydrogen) atoms. The molecule has 3 aromatic rings. The van der Waals surface area contributed by atoms with Crippen molar-refractivity contribution in [3.63, 3.8) is 0 Å². The fourth-order valence-corrected chi connectivity index (χ4v) is 3.40. The quantitative estimate of drug-likeness (QED) is 0.292. The second kappa shape index (κ2) is 13.5. The number of esters is 1. The first-order chi connectivity index (χ1) is 17.9. The second-order valence-electron chi connectivity index (χ2n) is 7.23. The Hall–Kier alpha value is -4.60. The van der Waals surface area contributed by atoms with Crippen LogP contribution in [-0.4, -0.2) is 49.1 Å². The number of fused-ring (bicyclic) bond motifs is 1. The lowest BCUT2D eigenvalue weighted by Crippen LogP contribution is -2.25. The van der Waals surface area contributed by atoms with Gasteiger partial charge in [0.15, 0.2) is 11.9 Å². The number of benzene rings is 2. The van der Waals surface area contributed by atoms with E-state index in [9.17, 15) is 4.79 Å². The molecule has 0 bridgehead atoms. The summed E-state index contributed by atoms with van der Waals surface area (Å²) in [6.45, 7) is 12.7. The van der Waals surface area contributed by atoms with Crippen LogP contribution in [0.1, 0.15) is 31.9 Å². The molecule has 1 heterocycles. The van der Waals surface area contributed by atoms with E-state index in [4.69, 9.17) is 15.2 Å². The van der Waals surface area contributed by atoms with Crippen molar-refractivity contribution < 1.29 is 18.7 Å². The molecule has 3 rings (SSSR count). The number of ether oxygens (including phenoxy) is 2. The predicted molar refractivity (Wildman–Crippen MR) is 149 cm³/mol. The van der Waals surface area contributed by atoms with Gasteiger partial charge in [0.2, 0.25) is 0 Å². The van der Waals surface area contributed by atoms with E-state index in [2.05, 4.69) is 38.6 Å². The molecule has 1 unspecified atom stereocenters. The molecule has 0 aliphatic rings. The molecule has 1 aromatic heterocycles. The van der Waals surface area contributed by atoms with Gasteiger partial charge in [-0.05, 0) is 43.5 Å². The first-order valence-corrected chi connectivity index (χ1v) is 11.4. The number of aliphatic imine (C=N–C) groups is 2. The average Bonchev–Trinajstić information content (AvgIpc) is 2.92. The third-order valence-electron chi connectivity index (χ3n) is 5.10. The number of halogens is 1. The van der Waals surface area contributed by atoms with E-state index in [1.165, 1.54) is 31.8 Å². The van der Waals surface area contributed by atoms with Crippen LogP contribution in [0.4, 0.5) is 21.6 Å². The van der Waals surface area contributed by atoms with E-state index in [-0.39, 0.29) is 22.8 Å². The molecule has 0 aliphatic carbocycles. The lowest BCUT2D eigenvalue weighted by Gasteiger charge is -2.18. The van der Waals surface area contributed by atoms with Gasteiger partial charge in [-0.3, -0.25) is 9.98 Å². The molecule has 9 nitrogen and oxygen atoms in total. The average molecular weight is 507 g/mol. The third kappa shape index (κ3) is 6.35. The zero-order valence-electron chi connectivity index (χ0n) is 21.6. The van der Waals surface area contributed by atoms with Gasteiger partial charge in [-0.25, -0.2) is 19.2 Å². The Kier molecular flexibility index (Phi) is 10.4. The predicted octanol–water partition coefficient (Wildman–Crippen LogP) is 5.45. The van der Waals surface area contributed by atoms with Crippen LogP contribution in [0.5, 0.6) is 5.75 Å². The van der Waals surface area contributed by atoms with Crippen molar-refractivity contribution in [2.75, 3.05) is 19.5 Å². The molecular weight excluding hydrogens is 475 g/mol. The van der Waals surface area contributed by atoms with Crippen molar-refractivity contribution in [1.29, 1.82) is 0 Å². The van der Waals surface area contributed by atoms with Gasteiger partial charge in [0.1, 0.15) is 17.9 Å². The van der Waals surface area contributed by atoms with Crippen molar-refractivity contribution in [2.45, 2.75) is 26.9 Å². The Morgan fingerprint density at radius 1 is 1.27 bits per heavy atom. The molecule has 0 fully saturated rings. The van der Waals surface area contributed by atoms with Gasteiger partial charge >= 0.3 is 5.97 Å². The van der Waals surface area contributed by atoms with Crippen LogP contribution in [-0.2, 0) is 9.53 Å². The van der Waals surface area contributed by atoms with E-state index < -0.39 is 17.9 Å². The number of nitrogens with zero attached hydrogens (tertiary/aromatic N) is 4. The lowest BCUT2D eigenvalue weighted by atomic mass is 10.0.